The summed E-state index contributed by atoms with van der Waals surface area (Å²) in [6.07, 6.45) is 3.85. The molecule has 0 fully saturated rings. The van der Waals surface area contributed by atoms with Crippen LogP contribution in [0.3, 0.4) is 0 Å². The lowest BCUT2D eigenvalue weighted by molar-refractivity contribution is 0.0696. The van der Waals surface area contributed by atoms with Crippen LogP contribution in [0.15, 0.2) is 42.7 Å². The maximum Gasteiger partial charge on any atom is 0.335 e. The summed E-state index contributed by atoms with van der Waals surface area (Å²) >= 11 is 0. The van der Waals surface area contributed by atoms with Crippen LogP contribution in [0.25, 0.3) is 5.69 Å². The fourth-order valence-electron chi connectivity index (χ4n) is 1.56. The van der Waals surface area contributed by atoms with Crippen molar-refractivity contribution in [1.82, 2.24) is 4.57 Å². The number of aromatic nitrogens is 1. The lowest BCUT2D eigenvalue weighted by Crippen LogP contribution is -2.01. The topological polar surface area (TPSA) is 42.2 Å². The molecule has 0 bridgehead atoms. The van der Waals surface area contributed by atoms with E-state index in [0.29, 0.717) is 5.56 Å². The van der Waals surface area contributed by atoms with Crippen LogP contribution in [-0.4, -0.2) is 15.6 Å². The Kier molecular flexibility index (Phi) is 2.29. The van der Waals surface area contributed by atoms with Gasteiger partial charge in [-0.2, -0.15) is 0 Å². The van der Waals surface area contributed by atoms with Crippen LogP contribution in [0, 0.1) is 6.92 Å². The van der Waals surface area contributed by atoms with Gasteiger partial charge in [0.25, 0.3) is 0 Å². The van der Waals surface area contributed by atoms with E-state index in [1.165, 1.54) is 0 Å². The summed E-state index contributed by atoms with van der Waals surface area (Å²) in [6.45, 7) is 1.80. The summed E-state index contributed by atoms with van der Waals surface area (Å²) in [6, 6.07) is 9.16. The predicted molar refractivity (Wildman–Crippen MR) is 57.5 cm³/mol. The molecule has 76 valence electrons. The highest BCUT2D eigenvalue weighted by Crippen LogP contribution is 2.14. The predicted octanol–water partition coefficient (Wildman–Crippen LogP) is 2.48. The third-order valence-electron chi connectivity index (χ3n) is 2.34. The van der Waals surface area contributed by atoms with Gasteiger partial charge in [0.15, 0.2) is 0 Å². The van der Waals surface area contributed by atoms with E-state index in [1.807, 2.05) is 35.2 Å². The largest absolute Gasteiger partial charge is 0.478 e. The highest BCUT2D eigenvalue weighted by molar-refractivity contribution is 5.89. The lowest BCUT2D eigenvalue weighted by atomic mass is 10.1. The molecule has 1 heterocycles. The zero-order valence-electron chi connectivity index (χ0n) is 8.34. The Morgan fingerprint density at radius 1 is 1.27 bits per heavy atom. The fourth-order valence-corrected chi connectivity index (χ4v) is 1.56. The van der Waals surface area contributed by atoms with Crippen LogP contribution in [0.4, 0.5) is 0 Å². The Balaban J connectivity index is 2.47. The Hall–Kier alpha value is -2.03. The fraction of sp³-hybridized carbons (Fsp3) is 0.0833. The molecular weight excluding hydrogens is 190 g/mol. The quantitative estimate of drug-likeness (QED) is 0.811. The monoisotopic (exact) mass is 201 g/mol. The molecule has 0 radical (unpaired) electrons. The molecule has 1 aromatic carbocycles. The first-order valence-electron chi connectivity index (χ1n) is 4.66. The van der Waals surface area contributed by atoms with E-state index in [0.717, 1.165) is 11.3 Å². The molecular formula is C12H11NO2. The number of aryl methyl sites for hydroxylation is 1. The van der Waals surface area contributed by atoms with Crippen LogP contribution in [0.1, 0.15) is 15.9 Å². The highest BCUT2D eigenvalue weighted by atomic mass is 16.4. The average Bonchev–Trinajstić information content (AvgIpc) is 2.69. The minimum atomic E-state index is -0.883. The molecule has 0 amide bonds. The zero-order chi connectivity index (χ0) is 10.8. The second-order valence-electron chi connectivity index (χ2n) is 3.39. The van der Waals surface area contributed by atoms with Crippen molar-refractivity contribution < 1.29 is 9.90 Å². The summed E-state index contributed by atoms with van der Waals surface area (Å²) in [5.74, 6) is -0.883. The smallest absolute Gasteiger partial charge is 0.335 e. The third-order valence-corrected chi connectivity index (χ3v) is 2.34. The Labute approximate surface area is 87.6 Å². The van der Waals surface area contributed by atoms with Crippen molar-refractivity contribution in [2.24, 2.45) is 0 Å². The molecule has 0 spiro atoms. The van der Waals surface area contributed by atoms with E-state index >= 15 is 0 Å². The van der Waals surface area contributed by atoms with E-state index in [2.05, 4.69) is 0 Å². The third kappa shape index (κ3) is 1.76. The summed E-state index contributed by atoms with van der Waals surface area (Å²) in [5, 5.41) is 8.88. The number of hydrogen-bond donors (Lipinski definition) is 1. The van der Waals surface area contributed by atoms with Crippen molar-refractivity contribution in [3.63, 3.8) is 0 Å². The van der Waals surface area contributed by atoms with Crippen LogP contribution in [-0.2, 0) is 0 Å². The minimum absolute atomic E-state index is 0.353. The van der Waals surface area contributed by atoms with Crippen molar-refractivity contribution in [1.29, 1.82) is 0 Å². The van der Waals surface area contributed by atoms with Gasteiger partial charge in [-0.05, 0) is 42.8 Å². The summed E-state index contributed by atoms with van der Waals surface area (Å²) in [7, 11) is 0. The molecule has 2 rings (SSSR count). The number of hydrogen-bond acceptors (Lipinski definition) is 1. The SMILES string of the molecule is Cc1cc(-n2cccc2)ccc1C(=O)O. The average molecular weight is 201 g/mol. The standard InChI is InChI=1S/C12H11NO2/c1-9-8-10(13-6-2-3-7-13)4-5-11(9)12(14)15/h2-8H,1H3,(H,14,15). The van der Waals surface area contributed by atoms with Crippen molar-refractivity contribution in [3.8, 4) is 5.69 Å². The van der Waals surface area contributed by atoms with Crippen molar-refractivity contribution >= 4 is 5.97 Å². The van der Waals surface area contributed by atoms with E-state index in [9.17, 15) is 4.79 Å². The summed E-state index contributed by atoms with van der Waals surface area (Å²) in [4.78, 5) is 10.8. The van der Waals surface area contributed by atoms with Gasteiger partial charge in [0.05, 0.1) is 5.56 Å². The van der Waals surface area contributed by atoms with Crippen LogP contribution < -0.4 is 0 Å². The van der Waals surface area contributed by atoms with Gasteiger partial charge in [-0.3, -0.25) is 0 Å². The van der Waals surface area contributed by atoms with Gasteiger partial charge in [-0.1, -0.05) is 0 Å². The zero-order valence-corrected chi connectivity index (χ0v) is 8.34. The molecule has 0 saturated carbocycles. The lowest BCUT2D eigenvalue weighted by Gasteiger charge is -2.06. The van der Waals surface area contributed by atoms with Crippen molar-refractivity contribution in [3.05, 3.63) is 53.9 Å². The van der Waals surface area contributed by atoms with Gasteiger partial charge in [0.1, 0.15) is 0 Å². The van der Waals surface area contributed by atoms with Crippen LogP contribution in [0.2, 0.25) is 0 Å². The normalized spacial score (nSPS) is 10.2. The maximum absolute atomic E-state index is 10.8. The number of rotatable bonds is 2. The maximum atomic E-state index is 10.8. The van der Waals surface area contributed by atoms with E-state index in [1.54, 1.807) is 19.1 Å². The molecule has 0 atom stereocenters. The Bertz CT molecular complexity index is 486. The number of nitrogens with zero attached hydrogens (tertiary/aromatic N) is 1. The molecule has 1 aromatic heterocycles. The molecule has 0 aliphatic carbocycles. The van der Waals surface area contributed by atoms with Crippen molar-refractivity contribution in [2.75, 3.05) is 0 Å². The molecule has 0 unspecified atom stereocenters. The van der Waals surface area contributed by atoms with Gasteiger partial charge >= 0.3 is 5.97 Å². The second kappa shape index (κ2) is 3.61. The molecule has 3 heteroatoms. The van der Waals surface area contributed by atoms with Gasteiger partial charge in [-0.25, -0.2) is 4.79 Å². The number of carboxylic acid groups (broad SMARTS) is 1. The minimum Gasteiger partial charge on any atom is -0.478 e. The number of carbonyl (C=O) groups is 1. The summed E-state index contributed by atoms with van der Waals surface area (Å²) < 4.78 is 1.94. The molecule has 2 aromatic rings. The van der Waals surface area contributed by atoms with Gasteiger partial charge < -0.3 is 9.67 Å². The Morgan fingerprint density at radius 3 is 2.47 bits per heavy atom. The van der Waals surface area contributed by atoms with E-state index in [-0.39, 0.29) is 0 Å². The van der Waals surface area contributed by atoms with Crippen molar-refractivity contribution in [2.45, 2.75) is 6.92 Å². The Morgan fingerprint density at radius 2 is 1.93 bits per heavy atom. The molecule has 1 N–H and O–H groups in total. The first kappa shape index (κ1) is 9.52. The summed E-state index contributed by atoms with van der Waals surface area (Å²) in [5.41, 5.74) is 2.10. The van der Waals surface area contributed by atoms with Gasteiger partial charge in [-0.15, -0.1) is 0 Å². The van der Waals surface area contributed by atoms with Crippen LogP contribution in [0.5, 0.6) is 0 Å². The van der Waals surface area contributed by atoms with Gasteiger partial charge in [0.2, 0.25) is 0 Å². The highest BCUT2D eigenvalue weighted by Gasteiger charge is 2.07. The number of benzene rings is 1. The second-order valence-corrected chi connectivity index (χ2v) is 3.39. The number of carboxylic acids is 1. The first-order chi connectivity index (χ1) is 7.18. The molecule has 3 nitrogen and oxygen atoms in total. The molecule has 0 saturated heterocycles. The van der Waals surface area contributed by atoms with E-state index in [4.69, 9.17) is 5.11 Å². The molecule has 15 heavy (non-hydrogen) atoms. The van der Waals surface area contributed by atoms with E-state index < -0.39 is 5.97 Å². The number of aromatic carboxylic acids is 1. The van der Waals surface area contributed by atoms with Gasteiger partial charge in [0, 0.05) is 18.1 Å². The first-order valence-corrected chi connectivity index (χ1v) is 4.66. The molecule has 0 aliphatic rings. The van der Waals surface area contributed by atoms with Crippen LogP contribution >= 0.6 is 0 Å². The molecule has 0 aliphatic heterocycles.